The smallest absolute Gasteiger partial charge is 0.339 e. The van der Waals surface area contributed by atoms with Gasteiger partial charge in [0.25, 0.3) is 0 Å². The maximum Gasteiger partial charge on any atom is 0.339 e. The third-order valence-corrected chi connectivity index (χ3v) is 2.39. The van der Waals surface area contributed by atoms with Crippen molar-refractivity contribution in [3.05, 3.63) is 29.8 Å². The molecule has 1 aliphatic rings. The molecule has 15 heavy (non-hydrogen) atoms. The van der Waals surface area contributed by atoms with Crippen molar-refractivity contribution in [1.29, 1.82) is 0 Å². The Labute approximate surface area is 88.5 Å². The standard InChI is InChI=1S/C11H13N2O2/c14-10-4-1-3-9(7-10)8-13-6-2-5-12-11(13)15/h1,3-4,7,14H,2,5-6,8H2. The fourth-order valence-corrected chi connectivity index (χ4v) is 1.65. The summed E-state index contributed by atoms with van der Waals surface area (Å²) in [5.41, 5.74) is 0.931. The summed E-state index contributed by atoms with van der Waals surface area (Å²) in [4.78, 5) is 13.1. The highest BCUT2D eigenvalue weighted by Crippen LogP contribution is 2.14. The summed E-state index contributed by atoms with van der Waals surface area (Å²) in [6.45, 7) is 1.91. The summed E-state index contributed by atoms with van der Waals surface area (Å²) >= 11 is 0. The molecule has 1 aliphatic heterocycles. The number of urea groups is 1. The van der Waals surface area contributed by atoms with Crippen molar-refractivity contribution in [3.63, 3.8) is 0 Å². The number of amides is 2. The normalized spacial score (nSPS) is 16.3. The molecule has 0 saturated carbocycles. The Morgan fingerprint density at radius 2 is 2.33 bits per heavy atom. The van der Waals surface area contributed by atoms with Gasteiger partial charge in [-0.15, -0.1) is 0 Å². The second-order valence-electron chi connectivity index (χ2n) is 3.61. The summed E-state index contributed by atoms with van der Waals surface area (Å²) < 4.78 is 0. The van der Waals surface area contributed by atoms with E-state index in [-0.39, 0.29) is 11.8 Å². The number of nitrogens with zero attached hydrogens (tertiary/aromatic N) is 2. The van der Waals surface area contributed by atoms with Crippen LogP contribution in [0.1, 0.15) is 12.0 Å². The molecule has 0 bridgehead atoms. The first-order valence-electron chi connectivity index (χ1n) is 5.00. The molecule has 0 aliphatic carbocycles. The molecule has 1 heterocycles. The van der Waals surface area contributed by atoms with Gasteiger partial charge in [0.05, 0.1) is 0 Å². The average Bonchev–Trinajstić information content (AvgIpc) is 2.22. The molecular formula is C11H13N2O2. The van der Waals surface area contributed by atoms with Gasteiger partial charge in [-0.2, -0.15) is 0 Å². The van der Waals surface area contributed by atoms with E-state index in [1.165, 1.54) is 0 Å². The number of carbonyl (C=O) groups excluding carboxylic acids is 1. The molecule has 0 atom stereocenters. The second kappa shape index (κ2) is 4.21. The summed E-state index contributed by atoms with van der Waals surface area (Å²) in [6, 6.07) is 6.80. The summed E-state index contributed by atoms with van der Waals surface area (Å²) in [7, 11) is 0. The Morgan fingerprint density at radius 3 is 3.07 bits per heavy atom. The Morgan fingerprint density at radius 1 is 1.47 bits per heavy atom. The first kappa shape index (κ1) is 9.83. The van der Waals surface area contributed by atoms with Crippen LogP contribution in [0, 0.1) is 0 Å². The van der Waals surface area contributed by atoms with Crippen molar-refractivity contribution >= 4 is 6.03 Å². The zero-order valence-corrected chi connectivity index (χ0v) is 8.39. The van der Waals surface area contributed by atoms with Gasteiger partial charge in [0, 0.05) is 19.6 Å². The van der Waals surface area contributed by atoms with Crippen LogP contribution in [0.2, 0.25) is 0 Å². The van der Waals surface area contributed by atoms with Gasteiger partial charge in [-0.25, -0.2) is 10.1 Å². The highest BCUT2D eigenvalue weighted by molar-refractivity contribution is 5.74. The molecule has 79 valence electrons. The van der Waals surface area contributed by atoms with E-state index in [0.717, 1.165) is 18.5 Å². The first-order valence-corrected chi connectivity index (χ1v) is 5.00. The summed E-state index contributed by atoms with van der Waals surface area (Å²) in [6.07, 6.45) is 0.921. The molecule has 1 radical (unpaired) electrons. The van der Waals surface area contributed by atoms with Crippen molar-refractivity contribution in [3.8, 4) is 5.75 Å². The van der Waals surface area contributed by atoms with Gasteiger partial charge in [0.2, 0.25) is 0 Å². The molecule has 1 fully saturated rings. The van der Waals surface area contributed by atoms with Crippen LogP contribution < -0.4 is 5.32 Å². The van der Waals surface area contributed by atoms with Gasteiger partial charge < -0.3 is 10.0 Å². The SMILES string of the molecule is O=C1[N]CCCN1Cc1cccc(O)c1. The molecule has 0 unspecified atom stereocenters. The van der Waals surface area contributed by atoms with E-state index in [1.807, 2.05) is 6.07 Å². The van der Waals surface area contributed by atoms with Crippen molar-refractivity contribution in [2.75, 3.05) is 13.1 Å². The maximum absolute atomic E-state index is 11.4. The number of benzene rings is 1. The van der Waals surface area contributed by atoms with Crippen LogP contribution in [-0.4, -0.2) is 29.1 Å². The quantitative estimate of drug-likeness (QED) is 0.791. The van der Waals surface area contributed by atoms with E-state index in [4.69, 9.17) is 0 Å². The summed E-state index contributed by atoms with van der Waals surface area (Å²) in [5, 5.41) is 13.1. The van der Waals surface area contributed by atoms with Crippen LogP contribution in [0.3, 0.4) is 0 Å². The fraction of sp³-hybridized carbons (Fsp3) is 0.364. The van der Waals surface area contributed by atoms with Crippen LogP contribution in [0.4, 0.5) is 4.79 Å². The van der Waals surface area contributed by atoms with Crippen molar-refractivity contribution in [1.82, 2.24) is 10.2 Å². The van der Waals surface area contributed by atoms with E-state index >= 15 is 0 Å². The Balaban J connectivity index is 2.04. The van der Waals surface area contributed by atoms with E-state index in [2.05, 4.69) is 5.32 Å². The van der Waals surface area contributed by atoms with Crippen LogP contribution in [-0.2, 0) is 6.54 Å². The Bertz CT molecular complexity index is 365. The van der Waals surface area contributed by atoms with Gasteiger partial charge in [0.15, 0.2) is 0 Å². The van der Waals surface area contributed by atoms with Crippen LogP contribution >= 0.6 is 0 Å². The molecule has 4 heteroatoms. The minimum Gasteiger partial charge on any atom is -0.508 e. The molecule has 2 rings (SSSR count). The molecule has 0 spiro atoms. The van der Waals surface area contributed by atoms with Gasteiger partial charge in [0.1, 0.15) is 5.75 Å². The lowest BCUT2D eigenvalue weighted by Crippen LogP contribution is -2.41. The van der Waals surface area contributed by atoms with E-state index in [0.29, 0.717) is 13.1 Å². The number of phenols is 1. The van der Waals surface area contributed by atoms with E-state index in [9.17, 15) is 9.90 Å². The van der Waals surface area contributed by atoms with Crippen molar-refractivity contribution in [2.45, 2.75) is 13.0 Å². The lowest BCUT2D eigenvalue weighted by Gasteiger charge is -2.25. The van der Waals surface area contributed by atoms with Crippen molar-refractivity contribution < 1.29 is 9.90 Å². The predicted molar refractivity (Wildman–Crippen MR) is 55.5 cm³/mol. The monoisotopic (exact) mass is 205 g/mol. The molecule has 0 aromatic heterocycles. The number of hydrogen-bond donors (Lipinski definition) is 1. The number of carbonyl (C=O) groups is 1. The molecule has 1 saturated heterocycles. The number of rotatable bonds is 2. The van der Waals surface area contributed by atoms with Gasteiger partial charge in [-0.3, -0.25) is 0 Å². The molecule has 4 nitrogen and oxygen atoms in total. The Hall–Kier alpha value is -1.71. The third kappa shape index (κ3) is 2.40. The molecule has 1 aromatic carbocycles. The molecule has 2 amide bonds. The number of phenolic OH excluding ortho intramolecular Hbond substituents is 1. The van der Waals surface area contributed by atoms with E-state index in [1.54, 1.807) is 23.1 Å². The molecule has 1 aromatic rings. The number of hydrogen-bond acceptors (Lipinski definition) is 2. The maximum atomic E-state index is 11.4. The predicted octanol–water partition coefficient (Wildman–Crippen LogP) is 1.32. The lowest BCUT2D eigenvalue weighted by molar-refractivity contribution is 0.182. The minimum atomic E-state index is -0.149. The van der Waals surface area contributed by atoms with Gasteiger partial charge in [-0.05, 0) is 24.1 Å². The van der Waals surface area contributed by atoms with E-state index < -0.39 is 0 Å². The highest BCUT2D eigenvalue weighted by atomic mass is 16.3. The first-order chi connectivity index (χ1) is 7.25. The van der Waals surface area contributed by atoms with Crippen LogP contribution in [0.15, 0.2) is 24.3 Å². The van der Waals surface area contributed by atoms with Crippen LogP contribution in [0.5, 0.6) is 5.75 Å². The van der Waals surface area contributed by atoms with Crippen LogP contribution in [0.25, 0.3) is 0 Å². The molecule has 1 N–H and O–H groups in total. The lowest BCUT2D eigenvalue weighted by atomic mass is 10.2. The Kier molecular flexibility index (Phi) is 2.76. The topological polar surface area (TPSA) is 54.6 Å². The zero-order chi connectivity index (χ0) is 10.7. The zero-order valence-electron chi connectivity index (χ0n) is 8.39. The van der Waals surface area contributed by atoms with Gasteiger partial charge in [-0.1, -0.05) is 12.1 Å². The van der Waals surface area contributed by atoms with Gasteiger partial charge >= 0.3 is 6.03 Å². The largest absolute Gasteiger partial charge is 0.508 e. The second-order valence-corrected chi connectivity index (χ2v) is 3.61. The highest BCUT2D eigenvalue weighted by Gasteiger charge is 2.18. The summed E-state index contributed by atoms with van der Waals surface area (Å²) in [5.74, 6) is 0.230. The minimum absolute atomic E-state index is 0.149. The molecular weight excluding hydrogens is 192 g/mol. The third-order valence-electron chi connectivity index (χ3n) is 2.39. The fourth-order valence-electron chi connectivity index (χ4n) is 1.65. The van der Waals surface area contributed by atoms with Crippen molar-refractivity contribution in [2.24, 2.45) is 0 Å². The average molecular weight is 205 g/mol. The number of aromatic hydroxyl groups is 1.